The van der Waals surface area contributed by atoms with Crippen LogP contribution in [0.2, 0.25) is 0 Å². The van der Waals surface area contributed by atoms with Crippen LogP contribution in [0.15, 0.2) is 22.7 Å². The topological polar surface area (TPSA) is 0 Å². The van der Waals surface area contributed by atoms with E-state index < -0.39 is 0 Å². The number of aryl methyl sites for hydroxylation is 1. The highest BCUT2D eigenvalue weighted by Crippen LogP contribution is 2.19. The largest absolute Gasteiger partial charge is 0.161 e. The fourth-order valence-corrected chi connectivity index (χ4v) is 1.98. The van der Waals surface area contributed by atoms with Crippen LogP contribution in [0.5, 0.6) is 0 Å². The Morgan fingerprint density at radius 3 is 2.82 bits per heavy atom. The van der Waals surface area contributed by atoms with E-state index in [-0.39, 0.29) is 0 Å². The second-order valence-electron chi connectivity index (χ2n) is 2.50. The van der Waals surface area contributed by atoms with Gasteiger partial charge < -0.3 is 0 Å². The monoisotopic (exact) mass is 230 g/mol. The van der Waals surface area contributed by atoms with Crippen LogP contribution in [0.25, 0.3) is 0 Å². The van der Waals surface area contributed by atoms with Crippen LogP contribution in [-0.4, -0.2) is 6.26 Å². The molecular formula is C9H11BrS. The first-order chi connectivity index (χ1) is 5.24. The summed E-state index contributed by atoms with van der Waals surface area (Å²) in [4.78, 5) is 0. The van der Waals surface area contributed by atoms with Crippen molar-refractivity contribution in [3.63, 3.8) is 0 Å². The molecule has 0 aliphatic carbocycles. The molecule has 0 aromatic heterocycles. The first kappa shape index (κ1) is 9.14. The Hall–Kier alpha value is 0.0500. The SMILES string of the molecule is CSCc1cc(Br)ccc1C. The maximum atomic E-state index is 3.46. The van der Waals surface area contributed by atoms with Gasteiger partial charge in [-0.3, -0.25) is 0 Å². The molecule has 0 fully saturated rings. The molecule has 0 N–H and O–H groups in total. The van der Waals surface area contributed by atoms with Crippen molar-refractivity contribution in [1.29, 1.82) is 0 Å². The third kappa shape index (κ3) is 2.53. The van der Waals surface area contributed by atoms with E-state index in [2.05, 4.69) is 47.3 Å². The molecule has 0 nitrogen and oxygen atoms in total. The highest BCUT2D eigenvalue weighted by molar-refractivity contribution is 9.10. The molecule has 0 saturated carbocycles. The zero-order valence-electron chi connectivity index (χ0n) is 6.73. The van der Waals surface area contributed by atoms with Crippen LogP contribution < -0.4 is 0 Å². The predicted molar refractivity (Wildman–Crippen MR) is 56.1 cm³/mol. The molecule has 0 unspecified atom stereocenters. The zero-order valence-corrected chi connectivity index (χ0v) is 9.13. The Balaban J connectivity index is 2.93. The second kappa shape index (κ2) is 4.17. The molecule has 0 radical (unpaired) electrons. The molecule has 0 bridgehead atoms. The Bertz CT molecular complexity index is 245. The first-order valence-corrected chi connectivity index (χ1v) is 5.66. The summed E-state index contributed by atoms with van der Waals surface area (Å²) < 4.78 is 1.17. The summed E-state index contributed by atoms with van der Waals surface area (Å²) in [6.07, 6.45) is 2.13. The highest BCUT2D eigenvalue weighted by atomic mass is 79.9. The van der Waals surface area contributed by atoms with Gasteiger partial charge in [-0.15, -0.1) is 0 Å². The number of halogens is 1. The molecule has 0 amide bonds. The minimum atomic E-state index is 1.10. The van der Waals surface area contributed by atoms with Crippen molar-refractivity contribution in [1.82, 2.24) is 0 Å². The van der Waals surface area contributed by atoms with Crippen LogP contribution in [0, 0.1) is 6.92 Å². The van der Waals surface area contributed by atoms with E-state index in [1.54, 1.807) is 0 Å². The highest BCUT2D eigenvalue weighted by Gasteiger charge is 1.96. The molecule has 1 aromatic carbocycles. The number of benzene rings is 1. The van der Waals surface area contributed by atoms with Crippen LogP contribution in [0.4, 0.5) is 0 Å². The van der Waals surface area contributed by atoms with Gasteiger partial charge in [0.1, 0.15) is 0 Å². The van der Waals surface area contributed by atoms with Crippen LogP contribution >= 0.6 is 27.7 Å². The molecule has 0 aliphatic rings. The van der Waals surface area contributed by atoms with Gasteiger partial charge in [-0.1, -0.05) is 22.0 Å². The van der Waals surface area contributed by atoms with Crippen molar-refractivity contribution in [2.24, 2.45) is 0 Å². The maximum absolute atomic E-state index is 3.46. The smallest absolute Gasteiger partial charge is 0.0184 e. The van der Waals surface area contributed by atoms with Gasteiger partial charge in [0.15, 0.2) is 0 Å². The average Bonchev–Trinajstić information content (AvgIpc) is 1.98. The van der Waals surface area contributed by atoms with Crippen molar-refractivity contribution in [3.05, 3.63) is 33.8 Å². The lowest BCUT2D eigenvalue weighted by atomic mass is 10.1. The van der Waals surface area contributed by atoms with Gasteiger partial charge in [-0.05, 0) is 36.4 Å². The zero-order chi connectivity index (χ0) is 8.27. The standard InChI is InChI=1S/C9H11BrS/c1-7-3-4-9(10)5-8(7)6-11-2/h3-5H,6H2,1-2H3. The minimum Gasteiger partial charge on any atom is -0.161 e. The lowest BCUT2D eigenvalue weighted by Crippen LogP contribution is -1.84. The van der Waals surface area contributed by atoms with Gasteiger partial charge in [-0.25, -0.2) is 0 Å². The molecule has 0 heterocycles. The molecule has 60 valence electrons. The molecule has 0 spiro atoms. The fraction of sp³-hybridized carbons (Fsp3) is 0.333. The van der Waals surface area contributed by atoms with Gasteiger partial charge in [0.05, 0.1) is 0 Å². The van der Waals surface area contributed by atoms with Crippen LogP contribution in [-0.2, 0) is 5.75 Å². The quantitative estimate of drug-likeness (QED) is 0.749. The van der Waals surface area contributed by atoms with Gasteiger partial charge in [0.2, 0.25) is 0 Å². The Kier molecular flexibility index (Phi) is 3.46. The molecule has 1 aromatic rings. The van der Waals surface area contributed by atoms with Crippen molar-refractivity contribution >= 4 is 27.7 Å². The summed E-state index contributed by atoms with van der Waals surface area (Å²) in [5, 5.41) is 0. The van der Waals surface area contributed by atoms with E-state index in [0.29, 0.717) is 0 Å². The molecule has 11 heavy (non-hydrogen) atoms. The normalized spacial score (nSPS) is 10.1. The van der Waals surface area contributed by atoms with E-state index in [1.807, 2.05) is 11.8 Å². The van der Waals surface area contributed by atoms with E-state index >= 15 is 0 Å². The second-order valence-corrected chi connectivity index (χ2v) is 4.29. The summed E-state index contributed by atoms with van der Waals surface area (Å²) in [6.45, 7) is 2.15. The van der Waals surface area contributed by atoms with Crippen molar-refractivity contribution in [2.75, 3.05) is 6.26 Å². The number of rotatable bonds is 2. The molecular weight excluding hydrogens is 220 g/mol. The van der Waals surface area contributed by atoms with Gasteiger partial charge in [0.25, 0.3) is 0 Å². The van der Waals surface area contributed by atoms with E-state index in [1.165, 1.54) is 15.6 Å². The molecule has 1 rings (SSSR count). The van der Waals surface area contributed by atoms with Crippen molar-refractivity contribution in [3.8, 4) is 0 Å². The predicted octanol–water partition coefficient (Wildman–Crippen LogP) is 3.62. The summed E-state index contributed by atoms with van der Waals surface area (Å²) in [5.74, 6) is 1.10. The van der Waals surface area contributed by atoms with Crippen LogP contribution in [0.3, 0.4) is 0 Å². The lowest BCUT2D eigenvalue weighted by molar-refractivity contribution is 1.30. The van der Waals surface area contributed by atoms with E-state index in [9.17, 15) is 0 Å². The number of thioether (sulfide) groups is 1. The number of hydrogen-bond acceptors (Lipinski definition) is 1. The summed E-state index contributed by atoms with van der Waals surface area (Å²) in [6, 6.07) is 6.42. The average molecular weight is 231 g/mol. The minimum absolute atomic E-state index is 1.10. The summed E-state index contributed by atoms with van der Waals surface area (Å²) in [7, 11) is 0. The first-order valence-electron chi connectivity index (χ1n) is 3.48. The molecule has 0 aliphatic heterocycles. The Morgan fingerprint density at radius 1 is 1.45 bits per heavy atom. The third-order valence-corrected chi connectivity index (χ3v) is 2.70. The van der Waals surface area contributed by atoms with Gasteiger partial charge in [-0.2, -0.15) is 11.8 Å². The Labute approximate surface area is 80.5 Å². The third-order valence-electron chi connectivity index (χ3n) is 1.61. The lowest BCUT2D eigenvalue weighted by Gasteiger charge is -2.03. The van der Waals surface area contributed by atoms with Gasteiger partial charge >= 0.3 is 0 Å². The maximum Gasteiger partial charge on any atom is 0.0184 e. The number of hydrogen-bond donors (Lipinski definition) is 0. The molecule has 0 atom stereocenters. The van der Waals surface area contributed by atoms with E-state index in [0.717, 1.165) is 5.75 Å². The molecule has 0 saturated heterocycles. The summed E-state index contributed by atoms with van der Waals surface area (Å²) >= 11 is 5.31. The van der Waals surface area contributed by atoms with E-state index in [4.69, 9.17) is 0 Å². The van der Waals surface area contributed by atoms with Crippen molar-refractivity contribution in [2.45, 2.75) is 12.7 Å². The molecule has 2 heteroatoms. The van der Waals surface area contributed by atoms with Crippen LogP contribution in [0.1, 0.15) is 11.1 Å². The summed E-state index contributed by atoms with van der Waals surface area (Å²) in [5.41, 5.74) is 2.80. The Morgan fingerprint density at radius 2 is 2.18 bits per heavy atom. The van der Waals surface area contributed by atoms with Crippen molar-refractivity contribution < 1.29 is 0 Å². The van der Waals surface area contributed by atoms with Gasteiger partial charge in [0, 0.05) is 10.2 Å². The fourth-order valence-electron chi connectivity index (χ4n) is 0.951.